The third-order valence-corrected chi connectivity index (χ3v) is 5.02. The Morgan fingerprint density at radius 1 is 1.20 bits per heavy atom. The number of hydrogen-bond donors (Lipinski definition) is 2. The van der Waals surface area contributed by atoms with Crippen LogP contribution in [0.1, 0.15) is 24.8 Å². The molecule has 1 saturated carbocycles. The second-order valence-electron chi connectivity index (χ2n) is 7.10. The van der Waals surface area contributed by atoms with Gasteiger partial charge >= 0.3 is 0 Å². The van der Waals surface area contributed by atoms with Crippen molar-refractivity contribution in [3.05, 3.63) is 35.9 Å². The third kappa shape index (κ3) is 7.11. The van der Waals surface area contributed by atoms with Crippen molar-refractivity contribution in [2.45, 2.75) is 25.7 Å². The van der Waals surface area contributed by atoms with Gasteiger partial charge < -0.3 is 15.8 Å². The number of benzene rings is 1. The van der Waals surface area contributed by atoms with Crippen LogP contribution in [0.25, 0.3) is 0 Å². The molecule has 3 rings (SSSR count). The number of hydrogen-bond acceptors (Lipinski definition) is 3. The normalized spacial score (nSPS) is 19.9. The Kier molecular flexibility index (Phi) is 8.45. The van der Waals surface area contributed by atoms with Gasteiger partial charge in [-0.3, -0.25) is 9.89 Å². The highest BCUT2D eigenvalue weighted by Crippen LogP contribution is 2.48. The summed E-state index contributed by atoms with van der Waals surface area (Å²) in [5.41, 5.74) is 7.78. The molecular formula is C19H31IN4O. The average molecular weight is 458 g/mol. The molecule has 3 N–H and O–H groups in total. The van der Waals surface area contributed by atoms with Crippen molar-refractivity contribution in [3.63, 3.8) is 0 Å². The van der Waals surface area contributed by atoms with E-state index in [0.717, 1.165) is 58.8 Å². The zero-order chi connectivity index (χ0) is 16.7. The predicted octanol–water partition coefficient (Wildman–Crippen LogP) is 2.25. The molecule has 1 saturated heterocycles. The van der Waals surface area contributed by atoms with Gasteiger partial charge in [0.05, 0.1) is 13.2 Å². The Morgan fingerprint density at radius 2 is 1.92 bits per heavy atom. The fraction of sp³-hybridized carbons (Fsp3) is 0.632. The fourth-order valence-electron chi connectivity index (χ4n) is 3.25. The number of aliphatic imine (C=N–C) groups is 1. The monoisotopic (exact) mass is 458 g/mol. The van der Waals surface area contributed by atoms with Crippen LogP contribution in [-0.4, -0.2) is 56.8 Å². The molecule has 140 valence electrons. The van der Waals surface area contributed by atoms with Crippen LogP contribution in [0.2, 0.25) is 0 Å². The van der Waals surface area contributed by atoms with Gasteiger partial charge in [0, 0.05) is 26.2 Å². The lowest BCUT2D eigenvalue weighted by Crippen LogP contribution is -2.39. The number of nitrogens with two attached hydrogens (primary N) is 1. The third-order valence-electron chi connectivity index (χ3n) is 5.02. The summed E-state index contributed by atoms with van der Waals surface area (Å²) >= 11 is 0. The molecule has 25 heavy (non-hydrogen) atoms. The van der Waals surface area contributed by atoms with Crippen LogP contribution in [-0.2, 0) is 11.2 Å². The Labute approximate surface area is 168 Å². The molecule has 0 atom stereocenters. The first kappa shape index (κ1) is 20.5. The van der Waals surface area contributed by atoms with Gasteiger partial charge in [0.15, 0.2) is 5.96 Å². The van der Waals surface area contributed by atoms with Crippen molar-refractivity contribution in [3.8, 4) is 0 Å². The lowest BCUT2D eigenvalue weighted by atomic mass is 9.97. The van der Waals surface area contributed by atoms with Crippen LogP contribution >= 0.6 is 24.0 Å². The summed E-state index contributed by atoms with van der Waals surface area (Å²) in [6, 6.07) is 10.7. The highest BCUT2D eigenvalue weighted by atomic mass is 127. The van der Waals surface area contributed by atoms with E-state index in [9.17, 15) is 0 Å². The van der Waals surface area contributed by atoms with Crippen LogP contribution in [0, 0.1) is 5.41 Å². The van der Waals surface area contributed by atoms with Crippen LogP contribution in [0.4, 0.5) is 0 Å². The zero-order valence-electron chi connectivity index (χ0n) is 15.0. The number of nitrogens with one attached hydrogen (secondary N) is 1. The number of guanidine groups is 1. The Hall–Kier alpha value is -0.860. The van der Waals surface area contributed by atoms with Crippen molar-refractivity contribution >= 4 is 29.9 Å². The van der Waals surface area contributed by atoms with Gasteiger partial charge in [-0.15, -0.1) is 24.0 Å². The zero-order valence-corrected chi connectivity index (χ0v) is 17.3. The summed E-state index contributed by atoms with van der Waals surface area (Å²) in [5.74, 6) is 0.594. The molecule has 1 aromatic rings. The molecule has 0 unspecified atom stereocenters. The van der Waals surface area contributed by atoms with E-state index in [1.165, 1.54) is 18.4 Å². The van der Waals surface area contributed by atoms with Gasteiger partial charge in [-0.05, 0) is 43.2 Å². The summed E-state index contributed by atoms with van der Waals surface area (Å²) in [4.78, 5) is 7.03. The predicted molar refractivity (Wildman–Crippen MR) is 114 cm³/mol. The van der Waals surface area contributed by atoms with Gasteiger partial charge in [0.25, 0.3) is 0 Å². The van der Waals surface area contributed by atoms with Crippen LogP contribution in [0.5, 0.6) is 0 Å². The molecule has 6 heteroatoms. The van der Waals surface area contributed by atoms with E-state index in [-0.39, 0.29) is 24.0 Å². The van der Waals surface area contributed by atoms with E-state index in [4.69, 9.17) is 10.5 Å². The maximum atomic E-state index is 6.03. The smallest absolute Gasteiger partial charge is 0.188 e. The van der Waals surface area contributed by atoms with E-state index < -0.39 is 0 Å². The van der Waals surface area contributed by atoms with Crippen molar-refractivity contribution in [1.82, 2.24) is 10.2 Å². The first-order valence-electron chi connectivity index (χ1n) is 9.14. The van der Waals surface area contributed by atoms with E-state index in [0.29, 0.717) is 11.4 Å². The number of halogens is 1. The molecule has 2 aliphatic rings. The lowest BCUT2D eigenvalue weighted by molar-refractivity contribution is 0.0376. The standard InChI is InChI=1S/C19H30N4O.HI/c20-18(21-9-4-10-23-11-13-24-14-12-23)22-16-19(7-8-19)15-17-5-2-1-3-6-17;/h1-3,5-6H,4,7-16H2,(H3,20,21,22);1H. The molecule has 0 aromatic heterocycles. The first-order chi connectivity index (χ1) is 11.8. The summed E-state index contributed by atoms with van der Waals surface area (Å²) in [6.45, 7) is 6.64. The minimum Gasteiger partial charge on any atom is -0.379 e. The van der Waals surface area contributed by atoms with Crippen molar-refractivity contribution < 1.29 is 4.74 Å². The van der Waals surface area contributed by atoms with Gasteiger partial charge in [-0.1, -0.05) is 30.3 Å². The number of rotatable bonds is 8. The molecule has 1 aliphatic carbocycles. The van der Waals surface area contributed by atoms with Gasteiger partial charge in [-0.2, -0.15) is 0 Å². The highest BCUT2D eigenvalue weighted by Gasteiger charge is 2.42. The highest BCUT2D eigenvalue weighted by molar-refractivity contribution is 14.0. The Bertz CT molecular complexity index is 527. The maximum absolute atomic E-state index is 6.03. The minimum absolute atomic E-state index is 0. The van der Waals surface area contributed by atoms with Crippen LogP contribution in [0.15, 0.2) is 35.3 Å². The summed E-state index contributed by atoms with van der Waals surface area (Å²) < 4.78 is 5.36. The van der Waals surface area contributed by atoms with Crippen LogP contribution in [0.3, 0.4) is 0 Å². The van der Waals surface area contributed by atoms with E-state index in [1.807, 2.05) is 0 Å². The molecule has 0 spiro atoms. The van der Waals surface area contributed by atoms with Gasteiger partial charge in [0.1, 0.15) is 0 Å². The minimum atomic E-state index is 0. The van der Waals surface area contributed by atoms with Crippen LogP contribution < -0.4 is 11.1 Å². The second kappa shape index (κ2) is 10.3. The topological polar surface area (TPSA) is 62.9 Å². The van der Waals surface area contributed by atoms with Crippen molar-refractivity contribution in [1.29, 1.82) is 0 Å². The molecular weight excluding hydrogens is 427 g/mol. The van der Waals surface area contributed by atoms with E-state index in [2.05, 4.69) is 45.5 Å². The molecule has 0 radical (unpaired) electrons. The first-order valence-corrected chi connectivity index (χ1v) is 9.14. The van der Waals surface area contributed by atoms with Gasteiger partial charge in [-0.25, -0.2) is 0 Å². The van der Waals surface area contributed by atoms with Crippen molar-refractivity contribution in [2.24, 2.45) is 16.1 Å². The van der Waals surface area contributed by atoms with E-state index >= 15 is 0 Å². The molecule has 1 aromatic carbocycles. The Balaban J connectivity index is 0.00000225. The molecule has 5 nitrogen and oxygen atoms in total. The molecule has 0 bridgehead atoms. The fourth-order valence-corrected chi connectivity index (χ4v) is 3.25. The lowest BCUT2D eigenvalue weighted by Gasteiger charge is -2.26. The summed E-state index contributed by atoms with van der Waals surface area (Å²) in [7, 11) is 0. The Morgan fingerprint density at radius 3 is 2.60 bits per heavy atom. The molecule has 1 aliphatic heterocycles. The quantitative estimate of drug-likeness (QED) is 0.272. The number of ether oxygens (including phenoxy) is 1. The van der Waals surface area contributed by atoms with Crippen molar-refractivity contribution in [2.75, 3.05) is 45.9 Å². The number of morpholine rings is 1. The molecule has 2 fully saturated rings. The molecule has 0 amide bonds. The number of nitrogens with zero attached hydrogens (tertiary/aromatic N) is 2. The summed E-state index contributed by atoms with van der Waals surface area (Å²) in [6.07, 6.45) is 4.72. The SMILES string of the molecule is I.NC(=NCC1(Cc2ccccc2)CC1)NCCCN1CCOCC1. The van der Waals surface area contributed by atoms with E-state index in [1.54, 1.807) is 0 Å². The average Bonchev–Trinajstić information content (AvgIpc) is 3.39. The largest absolute Gasteiger partial charge is 0.379 e. The summed E-state index contributed by atoms with van der Waals surface area (Å²) in [5, 5.41) is 3.26. The second-order valence-corrected chi connectivity index (χ2v) is 7.10. The maximum Gasteiger partial charge on any atom is 0.188 e. The van der Waals surface area contributed by atoms with Gasteiger partial charge in [0.2, 0.25) is 0 Å². The molecule has 1 heterocycles.